The second kappa shape index (κ2) is 12.2. The number of anilines is 2. The molecule has 0 aliphatic heterocycles. The molecule has 0 saturated heterocycles. The number of amides is 1. The fourth-order valence-corrected chi connectivity index (χ4v) is 3.90. The van der Waals surface area contributed by atoms with Gasteiger partial charge in [-0.3, -0.25) is 10.2 Å². The van der Waals surface area contributed by atoms with Crippen molar-refractivity contribution in [1.29, 1.82) is 0 Å². The number of fused-ring (bicyclic) bond motifs is 3. The van der Waals surface area contributed by atoms with Crippen LogP contribution in [0.15, 0.2) is 47.7 Å². The Balaban J connectivity index is 1.34. The number of carbonyl (C=O) groups is 1. The van der Waals surface area contributed by atoms with Gasteiger partial charge in [0.2, 0.25) is 0 Å². The lowest BCUT2D eigenvalue weighted by Gasteiger charge is -2.12. The first-order chi connectivity index (χ1) is 18.0. The number of aryl methyl sites for hydroxylation is 1. The van der Waals surface area contributed by atoms with Crippen LogP contribution in [0, 0.1) is 0 Å². The van der Waals surface area contributed by atoms with Gasteiger partial charge in [-0.05, 0) is 51.3 Å². The second-order valence-electron chi connectivity index (χ2n) is 9.04. The van der Waals surface area contributed by atoms with E-state index in [1.54, 1.807) is 12.1 Å². The lowest BCUT2D eigenvalue weighted by atomic mass is 10.2. The number of aromatic nitrogens is 4. The molecule has 1 amide bonds. The number of benzene rings is 1. The van der Waals surface area contributed by atoms with E-state index in [1.165, 1.54) is 6.20 Å². The highest BCUT2D eigenvalue weighted by atomic mass is 16.7. The predicted molar refractivity (Wildman–Crippen MR) is 148 cm³/mol. The molecule has 3 heterocycles. The van der Waals surface area contributed by atoms with Crippen molar-refractivity contribution < 1.29 is 9.63 Å². The molecule has 0 unspecified atom stereocenters. The van der Waals surface area contributed by atoms with Gasteiger partial charge in [-0.15, -0.1) is 0 Å². The lowest BCUT2D eigenvalue weighted by Crippen LogP contribution is -2.25. The van der Waals surface area contributed by atoms with E-state index in [1.807, 2.05) is 42.8 Å². The van der Waals surface area contributed by atoms with Gasteiger partial charge in [0.25, 0.3) is 5.91 Å². The zero-order valence-corrected chi connectivity index (χ0v) is 21.6. The quantitative estimate of drug-likeness (QED) is 0.149. The van der Waals surface area contributed by atoms with Crippen molar-refractivity contribution >= 4 is 45.2 Å². The first kappa shape index (κ1) is 25.9. The van der Waals surface area contributed by atoms with Gasteiger partial charge in [0, 0.05) is 30.3 Å². The number of hydrogen-bond acceptors (Lipinski definition) is 8. The number of hydrogen-bond donors (Lipinski definition) is 3. The van der Waals surface area contributed by atoms with Crippen molar-refractivity contribution in [2.75, 3.05) is 24.3 Å². The number of imidazole rings is 1. The molecule has 4 N–H and O–H groups in total. The minimum atomic E-state index is -0.160. The highest BCUT2D eigenvalue weighted by Crippen LogP contribution is 2.28. The van der Waals surface area contributed by atoms with Gasteiger partial charge >= 0.3 is 0 Å². The lowest BCUT2D eigenvalue weighted by molar-refractivity contribution is 0.0943. The summed E-state index contributed by atoms with van der Waals surface area (Å²) in [6.07, 6.45) is 5.92. The van der Waals surface area contributed by atoms with Crippen molar-refractivity contribution in [3.8, 4) is 0 Å². The summed E-state index contributed by atoms with van der Waals surface area (Å²) in [5.41, 5.74) is 12.8. The van der Waals surface area contributed by atoms with Gasteiger partial charge in [0.15, 0.2) is 5.82 Å². The standard InChI is InChI=1S/C27H34N8O2/c1-4-5-12-23-32-24-25(20-10-6-7-11-21(20)31-26(24)28)35(23)37-16-9-8-15-29-27(36)19-13-14-22(30-17-19)34-33-18(2)3/h6-7,10-11,13-14,17H,4-5,8-9,12,15-16H2,1-3H3,(H2,28,31)(H,29,36)(H,30,34). The maximum atomic E-state index is 12.4. The summed E-state index contributed by atoms with van der Waals surface area (Å²) < 4.78 is 1.83. The fourth-order valence-electron chi connectivity index (χ4n) is 3.90. The summed E-state index contributed by atoms with van der Waals surface area (Å²) in [5, 5.41) is 7.99. The molecule has 3 aromatic heterocycles. The van der Waals surface area contributed by atoms with Crippen LogP contribution in [0.3, 0.4) is 0 Å². The van der Waals surface area contributed by atoms with Crippen LogP contribution in [0.5, 0.6) is 0 Å². The summed E-state index contributed by atoms with van der Waals surface area (Å²) in [6, 6.07) is 11.3. The first-order valence-corrected chi connectivity index (χ1v) is 12.7. The number of hydrazone groups is 1. The summed E-state index contributed by atoms with van der Waals surface area (Å²) in [5.74, 6) is 1.68. The minimum Gasteiger partial charge on any atom is -0.412 e. The maximum absolute atomic E-state index is 12.4. The van der Waals surface area contributed by atoms with E-state index in [0.29, 0.717) is 35.9 Å². The van der Waals surface area contributed by atoms with E-state index >= 15 is 0 Å². The van der Waals surface area contributed by atoms with E-state index in [0.717, 1.165) is 60.1 Å². The number of nitrogen functional groups attached to an aromatic ring is 1. The van der Waals surface area contributed by atoms with E-state index in [2.05, 4.69) is 32.7 Å². The SMILES string of the molecule is CCCCc1nc2c(N)nc3ccccc3c2n1OCCCCNC(=O)c1ccc(NN=C(C)C)nc1. The van der Waals surface area contributed by atoms with Crippen LogP contribution in [0.2, 0.25) is 0 Å². The van der Waals surface area contributed by atoms with Gasteiger partial charge in [-0.25, -0.2) is 15.0 Å². The molecular formula is C27H34N8O2. The fraction of sp³-hybridized carbons (Fsp3) is 0.370. The highest BCUT2D eigenvalue weighted by molar-refractivity contribution is 6.06. The molecule has 0 saturated carbocycles. The Hall–Kier alpha value is -4.21. The molecule has 0 bridgehead atoms. The molecule has 0 atom stereocenters. The molecular weight excluding hydrogens is 468 g/mol. The van der Waals surface area contributed by atoms with Crippen LogP contribution in [-0.4, -0.2) is 44.5 Å². The molecule has 10 nitrogen and oxygen atoms in total. The summed E-state index contributed by atoms with van der Waals surface area (Å²) in [7, 11) is 0. The Bertz CT molecular complexity index is 1390. The van der Waals surface area contributed by atoms with Gasteiger partial charge in [0.05, 0.1) is 11.1 Å². The number of nitrogens with zero attached hydrogens (tertiary/aromatic N) is 5. The topological polar surface area (TPSA) is 132 Å². The Morgan fingerprint density at radius 2 is 1.95 bits per heavy atom. The van der Waals surface area contributed by atoms with Crippen LogP contribution in [-0.2, 0) is 6.42 Å². The molecule has 0 spiro atoms. The zero-order valence-electron chi connectivity index (χ0n) is 21.6. The predicted octanol–water partition coefficient (Wildman–Crippen LogP) is 4.35. The maximum Gasteiger partial charge on any atom is 0.252 e. The van der Waals surface area contributed by atoms with Crippen molar-refractivity contribution in [3.05, 3.63) is 54.0 Å². The minimum absolute atomic E-state index is 0.160. The number of para-hydroxylation sites is 1. The van der Waals surface area contributed by atoms with Crippen molar-refractivity contribution in [3.63, 3.8) is 0 Å². The number of unbranched alkanes of at least 4 members (excludes halogenated alkanes) is 2. The Morgan fingerprint density at radius 1 is 1.11 bits per heavy atom. The van der Waals surface area contributed by atoms with Gasteiger partial charge in [-0.2, -0.15) is 9.83 Å². The number of nitrogens with one attached hydrogen (secondary N) is 2. The number of carbonyl (C=O) groups excluding carboxylic acids is 1. The highest BCUT2D eigenvalue weighted by Gasteiger charge is 2.18. The monoisotopic (exact) mass is 502 g/mol. The Kier molecular flexibility index (Phi) is 8.50. The third-order valence-electron chi connectivity index (χ3n) is 5.80. The largest absolute Gasteiger partial charge is 0.412 e. The average molecular weight is 503 g/mol. The number of pyridine rings is 2. The van der Waals surface area contributed by atoms with E-state index in [-0.39, 0.29) is 5.91 Å². The third-order valence-corrected chi connectivity index (χ3v) is 5.80. The Labute approximate surface area is 216 Å². The van der Waals surface area contributed by atoms with Crippen LogP contribution in [0.1, 0.15) is 62.6 Å². The molecule has 1 aromatic carbocycles. The molecule has 4 rings (SSSR count). The molecule has 0 fully saturated rings. The smallest absolute Gasteiger partial charge is 0.252 e. The number of rotatable bonds is 12. The van der Waals surface area contributed by atoms with Crippen molar-refractivity contribution in [1.82, 2.24) is 25.0 Å². The van der Waals surface area contributed by atoms with E-state index in [4.69, 9.17) is 15.6 Å². The van der Waals surface area contributed by atoms with Crippen LogP contribution in [0.4, 0.5) is 11.6 Å². The van der Waals surface area contributed by atoms with E-state index in [9.17, 15) is 4.79 Å². The van der Waals surface area contributed by atoms with E-state index < -0.39 is 0 Å². The van der Waals surface area contributed by atoms with Crippen molar-refractivity contribution in [2.24, 2.45) is 5.10 Å². The average Bonchev–Trinajstić information content (AvgIpc) is 3.27. The Morgan fingerprint density at radius 3 is 2.70 bits per heavy atom. The molecule has 0 aliphatic rings. The van der Waals surface area contributed by atoms with Crippen molar-refractivity contribution in [2.45, 2.75) is 52.9 Å². The van der Waals surface area contributed by atoms with Crippen LogP contribution < -0.4 is 21.3 Å². The van der Waals surface area contributed by atoms with Crippen LogP contribution >= 0.6 is 0 Å². The molecule has 10 heteroatoms. The van der Waals surface area contributed by atoms with Gasteiger partial charge < -0.3 is 15.9 Å². The molecule has 37 heavy (non-hydrogen) atoms. The number of nitrogens with two attached hydrogens (primary N) is 1. The zero-order chi connectivity index (χ0) is 26.2. The van der Waals surface area contributed by atoms with Gasteiger partial charge in [-0.1, -0.05) is 31.5 Å². The summed E-state index contributed by atoms with van der Waals surface area (Å²) >= 11 is 0. The molecule has 194 valence electrons. The third kappa shape index (κ3) is 6.32. The normalized spacial score (nSPS) is 11.0. The summed E-state index contributed by atoms with van der Waals surface area (Å²) in [4.78, 5) is 32.2. The molecule has 0 radical (unpaired) electrons. The molecule has 0 aliphatic carbocycles. The first-order valence-electron chi connectivity index (χ1n) is 12.7. The molecule has 4 aromatic rings. The summed E-state index contributed by atoms with van der Waals surface area (Å²) in [6.45, 7) is 6.94. The van der Waals surface area contributed by atoms with Gasteiger partial charge in [0.1, 0.15) is 29.3 Å². The second-order valence-corrected chi connectivity index (χ2v) is 9.04. The van der Waals surface area contributed by atoms with Crippen LogP contribution in [0.25, 0.3) is 21.9 Å².